The lowest BCUT2D eigenvalue weighted by Gasteiger charge is -2.28. The SMILES string of the molecule is Cc1ccc(N2CCNCC2=O)cc1-c1nc2ccccn2c1C. The van der Waals surface area contributed by atoms with Crippen LogP contribution < -0.4 is 10.2 Å². The second kappa shape index (κ2) is 5.76. The summed E-state index contributed by atoms with van der Waals surface area (Å²) in [7, 11) is 0. The predicted octanol–water partition coefficient (Wildman–Crippen LogP) is 2.55. The lowest BCUT2D eigenvalue weighted by molar-refractivity contribution is -0.118. The molecule has 0 unspecified atom stereocenters. The third kappa shape index (κ3) is 2.37. The van der Waals surface area contributed by atoms with Crippen molar-refractivity contribution >= 4 is 17.2 Å². The molecule has 1 aromatic carbocycles. The Balaban J connectivity index is 1.83. The maximum Gasteiger partial charge on any atom is 0.240 e. The minimum Gasteiger partial charge on any atom is -0.310 e. The van der Waals surface area contributed by atoms with Gasteiger partial charge in [-0.05, 0) is 43.7 Å². The molecule has 1 N–H and O–H groups in total. The predicted molar refractivity (Wildman–Crippen MR) is 95.3 cm³/mol. The van der Waals surface area contributed by atoms with E-state index in [-0.39, 0.29) is 5.91 Å². The average Bonchev–Trinajstić information content (AvgIpc) is 2.93. The van der Waals surface area contributed by atoms with E-state index in [4.69, 9.17) is 4.98 Å². The Bertz CT molecular complexity index is 928. The number of carbonyl (C=O) groups excluding carboxylic acids is 1. The number of hydrogen-bond acceptors (Lipinski definition) is 3. The second-order valence-electron chi connectivity index (χ2n) is 6.20. The fourth-order valence-electron chi connectivity index (χ4n) is 3.29. The van der Waals surface area contributed by atoms with Gasteiger partial charge >= 0.3 is 0 Å². The number of anilines is 1. The van der Waals surface area contributed by atoms with Crippen LogP contribution in [0.25, 0.3) is 16.9 Å². The van der Waals surface area contributed by atoms with Gasteiger partial charge in [-0.25, -0.2) is 4.98 Å². The summed E-state index contributed by atoms with van der Waals surface area (Å²) in [5, 5.41) is 3.11. The number of fused-ring (bicyclic) bond motifs is 1. The van der Waals surface area contributed by atoms with Crippen molar-refractivity contribution in [2.75, 3.05) is 24.5 Å². The van der Waals surface area contributed by atoms with E-state index in [0.29, 0.717) is 13.1 Å². The molecule has 0 spiro atoms. The van der Waals surface area contributed by atoms with Crippen LogP contribution in [0.1, 0.15) is 11.3 Å². The fraction of sp³-hybridized carbons (Fsp3) is 0.263. The molecule has 0 saturated carbocycles. The number of carbonyl (C=O) groups is 1. The van der Waals surface area contributed by atoms with Crippen molar-refractivity contribution in [3.8, 4) is 11.3 Å². The Hall–Kier alpha value is -2.66. The normalized spacial score (nSPS) is 15.2. The highest BCUT2D eigenvalue weighted by Gasteiger charge is 2.21. The van der Waals surface area contributed by atoms with Gasteiger partial charge in [0.1, 0.15) is 5.65 Å². The van der Waals surface area contributed by atoms with Gasteiger partial charge in [0.25, 0.3) is 0 Å². The van der Waals surface area contributed by atoms with Crippen LogP contribution in [0.5, 0.6) is 0 Å². The molecular weight excluding hydrogens is 300 g/mol. The Morgan fingerprint density at radius 1 is 1.17 bits per heavy atom. The fourth-order valence-corrected chi connectivity index (χ4v) is 3.29. The highest BCUT2D eigenvalue weighted by atomic mass is 16.2. The largest absolute Gasteiger partial charge is 0.310 e. The number of benzene rings is 1. The van der Waals surface area contributed by atoms with Crippen molar-refractivity contribution in [1.29, 1.82) is 0 Å². The number of imidazole rings is 1. The number of piperazine rings is 1. The van der Waals surface area contributed by atoms with Crippen LogP contribution >= 0.6 is 0 Å². The standard InChI is InChI=1S/C19H20N4O/c1-13-6-7-15(23-10-8-20-12-18(23)24)11-16(13)19-14(2)22-9-4-3-5-17(22)21-19/h3-7,9,11,20H,8,10,12H2,1-2H3. The molecule has 1 fully saturated rings. The van der Waals surface area contributed by atoms with Crippen molar-refractivity contribution in [2.24, 2.45) is 0 Å². The summed E-state index contributed by atoms with van der Waals surface area (Å²) in [6, 6.07) is 12.2. The Kier molecular flexibility index (Phi) is 3.58. The number of hydrogen-bond donors (Lipinski definition) is 1. The third-order valence-corrected chi connectivity index (χ3v) is 4.65. The van der Waals surface area contributed by atoms with Crippen molar-refractivity contribution in [3.63, 3.8) is 0 Å². The number of nitrogens with zero attached hydrogens (tertiary/aromatic N) is 3. The number of pyridine rings is 1. The van der Waals surface area contributed by atoms with Gasteiger partial charge in [-0.3, -0.25) is 4.79 Å². The van der Waals surface area contributed by atoms with Gasteiger partial charge < -0.3 is 14.6 Å². The van der Waals surface area contributed by atoms with E-state index < -0.39 is 0 Å². The van der Waals surface area contributed by atoms with Gasteiger partial charge in [0, 0.05) is 36.2 Å². The van der Waals surface area contributed by atoms with Crippen LogP contribution in [0.4, 0.5) is 5.69 Å². The number of rotatable bonds is 2. The van der Waals surface area contributed by atoms with E-state index in [9.17, 15) is 4.79 Å². The molecule has 4 rings (SSSR count). The number of aromatic nitrogens is 2. The van der Waals surface area contributed by atoms with Gasteiger partial charge in [-0.1, -0.05) is 12.1 Å². The Labute approximate surface area is 140 Å². The summed E-state index contributed by atoms with van der Waals surface area (Å²) in [5.74, 6) is 0.114. The molecule has 0 bridgehead atoms. The smallest absolute Gasteiger partial charge is 0.240 e. The molecule has 1 aliphatic heterocycles. The van der Waals surface area contributed by atoms with Gasteiger partial charge in [0.05, 0.1) is 12.2 Å². The summed E-state index contributed by atoms with van der Waals surface area (Å²) in [4.78, 5) is 18.8. The first kappa shape index (κ1) is 14.9. The van der Waals surface area contributed by atoms with Crippen LogP contribution in [0.15, 0.2) is 42.6 Å². The van der Waals surface area contributed by atoms with Crippen molar-refractivity contribution < 1.29 is 4.79 Å². The minimum atomic E-state index is 0.114. The minimum absolute atomic E-state index is 0.114. The molecular formula is C19H20N4O. The number of aryl methyl sites for hydroxylation is 2. The van der Waals surface area contributed by atoms with Gasteiger partial charge in [0.15, 0.2) is 0 Å². The van der Waals surface area contributed by atoms with E-state index >= 15 is 0 Å². The molecule has 5 heteroatoms. The van der Waals surface area contributed by atoms with Crippen LogP contribution in [0, 0.1) is 13.8 Å². The van der Waals surface area contributed by atoms with Gasteiger partial charge in [-0.2, -0.15) is 0 Å². The molecule has 2 aromatic heterocycles. The topological polar surface area (TPSA) is 49.6 Å². The molecule has 1 saturated heterocycles. The summed E-state index contributed by atoms with van der Waals surface area (Å²) in [5.41, 5.74) is 6.21. The van der Waals surface area contributed by atoms with Crippen molar-refractivity contribution in [3.05, 3.63) is 53.9 Å². The molecule has 1 amide bonds. The van der Waals surface area contributed by atoms with Gasteiger partial charge in [0.2, 0.25) is 5.91 Å². The zero-order chi connectivity index (χ0) is 16.7. The summed E-state index contributed by atoms with van der Waals surface area (Å²) >= 11 is 0. The molecule has 122 valence electrons. The Morgan fingerprint density at radius 2 is 2.04 bits per heavy atom. The first-order valence-corrected chi connectivity index (χ1v) is 8.21. The Morgan fingerprint density at radius 3 is 2.83 bits per heavy atom. The maximum absolute atomic E-state index is 12.2. The monoisotopic (exact) mass is 320 g/mol. The van der Waals surface area contributed by atoms with Gasteiger partial charge in [-0.15, -0.1) is 0 Å². The molecule has 0 atom stereocenters. The number of amides is 1. The summed E-state index contributed by atoms with van der Waals surface area (Å²) < 4.78 is 2.09. The molecule has 3 aromatic rings. The molecule has 3 heterocycles. The van der Waals surface area contributed by atoms with E-state index in [0.717, 1.165) is 40.4 Å². The van der Waals surface area contributed by atoms with E-state index in [1.165, 1.54) is 0 Å². The highest BCUT2D eigenvalue weighted by Crippen LogP contribution is 2.30. The second-order valence-corrected chi connectivity index (χ2v) is 6.20. The summed E-state index contributed by atoms with van der Waals surface area (Å²) in [6.45, 7) is 6.09. The first-order chi connectivity index (χ1) is 11.6. The average molecular weight is 320 g/mol. The lowest BCUT2D eigenvalue weighted by Crippen LogP contribution is -2.48. The van der Waals surface area contributed by atoms with E-state index in [2.05, 4.69) is 35.7 Å². The van der Waals surface area contributed by atoms with Crippen molar-refractivity contribution in [2.45, 2.75) is 13.8 Å². The number of nitrogens with one attached hydrogen (secondary N) is 1. The highest BCUT2D eigenvalue weighted by molar-refractivity contribution is 5.96. The lowest BCUT2D eigenvalue weighted by atomic mass is 10.0. The van der Waals surface area contributed by atoms with Crippen LogP contribution in [0.2, 0.25) is 0 Å². The molecule has 24 heavy (non-hydrogen) atoms. The first-order valence-electron chi connectivity index (χ1n) is 8.21. The molecule has 0 radical (unpaired) electrons. The zero-order valence-electron chi connectivity index (χ0n) is 13.9. The molecule has 5 nitrogen and oxygen atoms in total. The van der Waals surface area contributed by atoms with E-state index in [1.54, 1.807) is 0 Å². The van der Waals surface area contributed by atoms with Crippen LogP contribution in [-0.2, 0) is 4.79 Å². The summed E-state index contributed by atoms with van der Waals surface area (Å²) in [6.07, 6.45) is 2.03. The third-order valence-electron chi connectivity index (χ3n) is 4.65. The van der Waals surface area contributed by atoms with Crippen LogP contribution in [0.3, 0.4) is 0 Å². The van der Waals surface area contributed by atoms with Crippen molar-refractivity contribution in [1.82, 2.24) is 14.7 Å². The molecule has 1 aliphatic rings. The maximum atomic E-state index is 12.2. The molecule has 0 aliphatic carbocycles. The van der Waals surface area contributed by atoms with E-state index in [1.807, 2.05) is 35.4 Å². The zero-order valence-corrected chi connectivity index (χ0v) is 13.9. The quantitative estimate of drug-likeness (QED) is 0.789. The van der Waals surface area contributed by atoms with Crippen LogP contribution in [-0.4, -0.2) is 34.9 Å².